The lowest BCUT2D eigenvalue weighted by molar-refractivity contribution is 0.0664. The highest BCUT2D eigenvalue weighted by Gasteiger charge is 2.26. The summed E-state index contributed by atoms with van der Waals surface area (Å²) < 4.78 is 0. The Labute approximate surface area is 201 Å². The second-order valence-corrected chi connectivity index (χ2v) is 8.99. The third-order valence-electron chi connectivity index (χ3n) is 6.19. The second kappa shape index (κ2) is 8.79. The minimum Gasteiger partial charge on any atom is -0.396 e. The van der Waals surface area contributed by atoms with E-state index in [0.29, 0.717) is 65.1 Å². The van der Waals surface area contributed by atoms with Crippen LogP contribution in [0.2, 0.25) is 0 Å². The summed E-state index contributed by atoms with van der Waals surface area (Å²) in [5, 5.41) is 3.53. The molecule has 0 spiro atoms. The van der Waals surface area contributed by atoms with Crippen molar-refractivity contribution in [2.45, 2.75) is 19.9 Å². The number of carbonyl (C=O) groups excluding carboxylic acids is 2. The van der Waals surface area contributed by atoms with Gasteiger partial charge in [0, 0.05) is 48.7 Å². The van der Waals surface area contributed by atoms with Gasteiger partial charge in [-0.2, -0.15) is 0 Å². The molecule has 5 rings (SSSR count). The van der Waals surface area contributed by atoms with Crippen LogP contribution in [0.4, 0.5) is 10.5 Å². The number of amides is 3. The van der Waals surface area contributed by atoms with Gasteiger partial charge in [0.25, 0.3) is 11.5 Å². The van der Waals surface area contributed by atoms with E-state index >= 15 is 0 Å². The molecule has 4 aromatic rings. The van der Waals surface area contributed by atoms with E-state index in [1.165, 1.54) is 0 Å². The minimum absolute atomic E-state index is 0.0611. The number of urea groups is 1. The molecule has 180 valence electrons. The van der Waals surface area contributed by atoms with Gasteiger partial charge in [-0.1, -0.05) is 12.1 Å². The second-order valence-electron chi connectivity index (χ2n) is 8.99. The van der Waals surface area contributed by atoms with Crippen molar-refractivity contribution >= 4 is 39.6 Å². The number of para-hydroxylation sites is 2. The number of nitrogen functional groups attached to an aromatic ring is 1. The third kappa shape index (κ3) is 4.18. The maximum absolute atomic E-state index is 13.2. The number of nitrogens with two attached hydrogens (primary N) is 1. The van der Waals surface area contributed by atoms with Crippen molar-refractivity contribution in [2.75, 3.05) is 31.9 Å². The summed E-state index contributed by atoms with van der Waals surface area (Å²) in [5.41, 5.74) is 9.54. The zero-order valence-corrected chi connectivity index (χ0v) is 19.6. The number of aromatic amines is 2. The number of anilines is 1. The first kappa shape index (κ1) is 22.5. The first-order valence-electron chi connectivity index (χ1n) is 11.6. The number of nitrogens with one attached hydrogen (secondary N) is 3. The highest BCUT2D eigenvalue weighted by atomic mass is 16.2. The predicted octanol–water partition coefficient (Wildman–Crippen LogP) is 2.53. The van der Waals surface area contributed by atoms with E-state index in [0.717, 1.165) is 0 Å². The normalized spacial score (nSPS) is 14.1. The summed E-state index contributed by atoms with van der Waals surface area (Å²) in [7, 11) is 0. The zero-order chi connectivity index (χ0) is 24.7. The maximum Gasteiger partial charge on any atom is 0.317 e. The Morgan fingerprint density at radius 1 is 1.00 bits per heavy atom. The van der Waals surface area contributed by atoms with Crippen molar-refractivity contribution in [3.05, 3.63) is 58.4 Å². The SMILES string of the molecule is CC(C)NC(=O)N1CCN(C(=O)c2ccc3[nH]c(-c4nc5ccccc5[nH]c4=O)c(N)c3c2)CC1. The Bertz CT molecular complexity index is 1500. The molecule has 35 heavy (non-hydrogen) atoms. The van der Waals surface area contributed by atoms with Crippen molar-refractivity contribution < 1.29 is 9.59 Å². The molecule has 1 fully saturated rings. The van der Waals surface area contributed by atoms with Gasteiger partial charge in [0.15, 0.2) is 5.69 Å². The van der Waals surface area contributed by atoms with E-state index < -0.39 is 0 Å². The van der Waals surface area contributed by atoms with Gasteiger partial charge in [-0.3, -0.25) is 9.59 Å². The number of benzene rings is 2. The Morgan fingerprint density at radius 2 is 1.71 bits per heavy atom. The summed E-state index contributed by atoms with van der Waals surface area (Å²) in [5.74, 6) is -0.125. The van der Waals surface area contributed by atoms with Gasteiger partial charge in [-0.05, 0) is 44.2 Å². The van der Waals surface area contributed by atoms with Crippen LogP contribution in [0.15, 0.2) is 47.3 Å². The molecular formula is C25H27N7O3. The first-order chi connectivity index (χ1) is 16.8. The molecule has 1 aliphatic rings. The molecule has 2 aromatic heterocycles. The number of H-pyrrole nitrogens is 2. The molecule has 0 saturated carbocycles. The van der Waals surface area contributed by atoms with Crippen LogP contribution in [0.5, 0.6) is 0 Å². The van der Waals surface area contributed by atoms with Gasteiger partial charge >= 0.3 is 6.03 Å². The monoisotopic (exact) mass is 473 g/mol. The number of rotatable bonds is 3. The van der Waals surface area contributed by atoms with E-state index in [9.17, 15) is 14.4 Å². The van der Waals surface area contributed by atoms with Crippen LogP contribution in [0, 0.1) is 0 Å². The van der Waals surface area contributed by atoms with Gasteiger partial charge in [0.2, 0.25) is 0 Å². The molecule has 0 atom stereocenters. The average Bonchev–Trinajstić information content (AvgIpc) is 3.18. The molecule has 1 saturated heterocycles. The average molecular weight is 474 g/mol. The Kier molecular flexibility index (Phi) is 5.64. The first-order valence-corrected chi connectivity index (χ1v) is 11.6. The Morgan fingerprint density at radius 3 is 2.46 bits per heavy atom. The van der Waals surface area contributed by atoms with Gasteiger partial charge in [0.1, 0.15) is 0 Å². The molecular weight excluding hydrogens is 446 g/mol. The van der Waals surface area contributed by atoms with Gasteiger partial charge in [-0.25, -0.2) is 9.78 Å². The Hall–Kier alpha value is -4.34. The molecule has 10 nitrogen and oxygen atoms in total. The number of fused-ring (bicyclic) bond motifs is 2. The number of piperazine rings is 1. The highest BCUT2D eigenvalue weighted by Crippen LogP contribution is 2.31. The fourth-order valence-corrected chi connectivity index (χ4v) is 4.37. The fourth-order valence-electron chi connectivity index (χ4n) is 4.37. The van der Waals surface area contributed by atoms with E-state index in [4.69, 9.17) is 5.73 Å². The lowest BCUT2D eigenvalue weighted by atomic mass is 10.1. The van der Waals surface area contributed by atoms with Gasteiger partial charge in [0.05, 0.1) is 22.4 Å². The smallest absolute Gasteiger partial charge is 0.317 e. The van der Waals surface area contributed by atoms with Crippen LogP contribution in [0.25, 0.3) is 33.3 Å². The number of hydrogen-bond donors (Lipinski definition) is 4. The van der Waals surface area contributed by atoms with Crippen LogP contribution < -0.4 is 16.6 Å². The van der Waals surface area contributed by atoms with Crippen molar-refractivity contribution in [1.29, 1.82) is 0 Å². The highest BCUT2D eigenvalue weighted by molar-refractivity contribution is 6.04. The largest absolute Gasteiger partial charge is 0.396 e. The lowest BCUT2D eigenvalue weighted by Gasteiger charge is -2.35. The van der Waals surface area contributed by atoms with Crippen molar-refractivity contribution in [3.63, 3.8) is 0 Å². The zero-order valence-electron chi connectivity index (χ0n) is 19.6. The van der Waals surface area contributed by atoms with E-state index in [2.05, 4.69) is 20.3 Å². The molecule has 3 amide bonds. The van der Waals surface area contributed by atoms with Crippen LogP contribution >= 0.6 is 0 Å². The number of carbonyl (C=O) groups is 2. The van der Waals surface area contributed by atoms with Gasteiger partial charge < -0.3 is 30.8 Å². The van der Waals surface area contributed by atoms with E-state index in [-0.39, 0.29) is 29.2 Å². The third-order valence-corrected chi connectivity index (χ3v) is 6.19. The Balaban J connectivity index is 1.40. The van der Waals surface area contributed by atoms with Crippen LogP contribution in [-0.2, 0) is 0 Å². The fraction of sp³-hybridized carbons (Fsp3) is 0.280. The molecule has 0 aliphatic carbocycles. The lowest BCUT2D eigenvalue weighted by Crippen LogP contribution is -2.54. The summed E-state index contributed by atoms with van der Waals surface area (Å²) in [6, 6.07) is 12.5. The number of aromatic nitrogens is 3. The maximum atomic E-state index is 13.2. The van der Waals surface area contributed by atoms with Crippen LogP contribution in [0.1, 0.15) is 24.2 Å². The standard InChI is InChI=1S/C25H27N7O3/c1-14(2)27-25(35)32-11-9-31(10-12-32)24(34)15-7-8-17-16(13-15)20(26)21(28-17)22-23(33)30-19-6-4-3-5-18(19)29-22/h3-8,13-14,28H,9-12,26H2,1-2H3,(H,27,35)(H,30,33). The molecule has 0 radical (unpaired) electrons. The molecule has 0 unspecified atom stereocenters. The summed E-state index contributed by atoms with van der Waals surface area (Å²) in [4.78, 5) is 52.1. The van der Waals surface area contributed by atoms with Gasteiger partial charge in [-0.15, -0.1) is 0 Å². The van der Waals surface area contributed by atoms with E-state index in [1.54, 1.807) is 34.1 Å². The quantitative estimate of drug-likeness (QED) is 0.362. The van der Waals surface area contributed by atoms with Crippen LogP contribution in [-0.4, -0.2) is 68.9 Å². The molecule has 0 bridgehead atoms. The number of nitrogens with zero attached hydrogens (tertiary/aromatic N) is 3. The summed E-state index contributed by atoms with van der Waals surface area (Å²) >= 11 is 0. The molecule has 10 heteroatoms. The predicted molar refractivity (Wildman–Crippen MR) is 135 cm³/mol. The minimum atomic E-state index is -0.349. The molecule has 2 aromatic carbocycles. The van der Waals surface area contributed by atoms with E-state index in [1.807, 2.05) is 32.0 Å². The van der Waals surface area contributed by atoms with Crippen molar-refractivity contribution in [3.8, 4) is 11.4 Å². The molecule has 1 aliphatic heterocycles. The molecule has 3 heterocycles. The summed E-state index contributed by atoms with van der Waals surface area (Å²) in [6.07, 6.45) is 0. The number of hydrogen-bond acceptors (Lipinski definition) is 5. The van der Waals surface area contributed by atoms with Crippen molar-refractivity contribution in [2.24, 2.45) is 0 Å². The summed E-state index contributed by atoms with van der Waals surface area (Å²) in [6.45, 7) is 5.67. The van der Waals surface area contributed by atoms with Crippen LogP contribution in [0.3, 0.4) is 0 Å². The topological polar surface area (TPSA) is 140 Å². The van der Waals surface area contributed by atoms with Crippen molar-refractivity contribution in [1.82, 2.24) is 30.1 Å². The molecule has 5 N–H and O–H groups in total.